The molecule has 0 spiro atoms. The number of amidine groups is 1. The molecule has 1 atom stereocenters. The van der Waals surface area contributed by atoms with E-state index in [4.69, 9.17) is 10.1 Å². The van der Waals surface area contributed by atoms with E-state index in [1.54, 1.807) is 19.5 Å². The fourth-order valence-corrected chi connectivity index (χ4v) is 4.12. The number of nitrogens with zero attached hydrogens (tertiary/aromatic N) is 3. The van der Waals surface area contributed by atoms with Crippen molar-refractivity contribution in [1.82, 2.24) is 14.9 Å². The topological polar surface area (TPSA) is 82.3 Å². The number of aromatic nitrogens is 2. The Morgan fingerprint density at radius 1 is 1.29 bits per heavy atom. The van der Waals surface area contributed by atoms with Gasteiger partial charge in [0.15, 0.2) is 0 Å². The van der Waals surface area contributed by atoms with Crippen LogP contribution in [0.25, 0.3) is 16.8 Å². The van der Waals surface area contributed by atoms with Gasteiger partial charge in [-0.2, -0.15) is 0 Å². The SMILES string of the molecule is COc1cccc(-c2csc(C3=C(O)C(C)N(Cc4cccnc4)C3=N)n2)c1. The van der Waals surface area contributed by atoms with Gasteiger partial charge in [0.05, 0.1) is 24.4 Å². The molecule has 0 saturated carbocycles. The molecule has 7 heteroatoms. The van der Waals surface area contributed by atoms with Gasteiger partial charge in [0.1, 0.15) is 22.4 Å². The molecule has 0 fully saturated rings. The van der Waals surface area contributed by atoms with Crippen molar-refractivity contribution in [3.63, 3.8) is 0 Å². The Morgan fingerprint density at radius 3 is 2.89 bits per heavy atom. The van der Waals surface area contributed by atoms with Gasteiger partial charge in [-0.3, -0.25) is 10.4 Å². The van der Waals surface area contributed by atoms with Gasteiger partial charge in [0.2, 0.25) is 0 Å². The smallest absolute Gasteiger partial charge is 0.135 e. The van der Waals surface area contributed by atoms with Gasteiger partial charge in [-0.25, -0.2) is 4.98 Å². The highest BCUT2D eigenvalue weighted by atomic mass is 32.1. The van der Waals surface area contributed by atoms with Crippen molar-refractivity contribution in [2.75, 3.05) is 7.11 Å². The largest absolute Gasteiger partial charge is 0.509 e. The van der Waals surface area contributed by atoms with E-state index < -0.39 is 0 Å². The van der Waals surface area contributed by atoms with Crippen molar-refractivity contribution < 1.29 is 9.84 Å². The average molecular weight is 392 g/mol. The Hall–Kier alpha value is -3.19. The van der Waals surface area contributed by atoms with Crippen LogP contribution in [0.5, 0.6) is 5.75 Å². The highest BCUT2D eigenvalue weighted by Crippen LogP contribution is 2.36. The molecule has 3 heterocycles. The lowest BCUT2D eigenvalue weighted by molar-refractivity contribution is 0.281. The molecule has 1 aliphatic rings. The van der Waals surface area contributed by atoms with Crippen LogP contribution in [0.4, 0.5) is 0 Å². The summed E-state index contributed by atoms with van der Waals surface area (Å²) in [6.07, 6.45) is 3.50. The molecule has 1 aliphatic heterocycles. The molecule has 1 unspecified atom stereocenters. The first-order valence-corrected chi connectivity index (χ1v) is 9.74. The van der Waals surface area contributed by atoms with Crippen molar-refractivity contribution >= 4 is 22.7 Å². The van der Waals surface area contributed by atoms with Gasteiger partial charge in [-0.1, -0.05) is 18.2 Å². The van der Waals surface area contributed by atoms with E-state index in [2.05, 4.69) is 9.97 Å². The number of nitrogens with one attached hydrogen (secondary N) is 1. The highest BCUT2D eigenvalue weighted by molar-refractivity contribution is 7.11. The number of pyridine rings is 1. The van der Waals surface area contributed by atoms with E-state index in [0.29, 0.717) is 17.1 Å². The van der Waals surface area contributed by atoms with Crippen LogP contribution < -0.4 is 4.74 Å². The van der Waals surface area contributed by atoms with E-state index >= 15 is 0 Å². The number of methoxy groups -OCH3 is 1. The predicted octanol–water partition coefficient (Wildman–Crippen LogP) is 4.36. The van der Waals surface area contributed by atoms with Crippen LogP contribution in [-0.2, 0) is 6.54 Å². The van der Waals surface area contributed by atoms with Gasteiger partial charge in [-0.05, 0) is 30.7 Å². The lowest BCUT2D eigenvalue weighted by Gasteiger charge is -2.24. The molecule has 0 saturated heterocycles. The minimum absolute atomic E-state index is 0.181. The van der Waals surface area contributed by atoms with E-state index in [9.17, 15) is 5.11 Å². The summed E-state index contributed by atoms with van der Waals surface area (Å²) in [5.41, 5.74) is 3.22. The zero-order chi connectivity index (χ0) is 19.7. The van der Waals surface area contributed by atoms with E-state index in [1.807, 2.05) is 53.6 Å². The molecular formula is C21H20N4O2S. The van der Waals surface area contributed by atoms with Gasteiger partial charge in [0, 0.05) is 29.9 Å². The fourth-order valence-electron chi connectivity index (χ4n) is 3.23. The van der Waals surface area contributed by atoms with Crippen molar-refractivity contribution in [2.24, 2.45) is 0 Å². The maximum Gasteiger partial charge on any atom is 0.135 e. The molecule has 0 amide bonds. The Labute approximate surface area is 167 Å². The Bertz CT molecular complexity index is 1050. The summed E-state index contributed by atoms with van der Waals surface area (Å²) in [5.74, 6) is 1.22. The molecule has 4 rings (SSSR count). The molecule has 28 heavy (non-hydrogen) atoms. The number of rotatable bonds is 5. The molecule has 0 aliphatic carbocycles. The second kappa shape index (κ2) is 7.44. The molecule has 2 aromatic heterocycles. The summed E-state index contributed by atoms with van der Waals surface area (Å²) < 4.78 is 5.28. The number of hydrogen-bond donors (Lipinski definition) is 2. The normalized spacial score (nSPS) is 16.7. The minimum Gasteiger partial charge on any atom is -0.509 e. The third kappa shape index (κ3) is 3.25. The van der Waals surface area contributed by atoms with Crippen LogP contribution >= 0.6 is 11.3 Å². The highest BCUT2D eigenvalue weighted by Gasteiger charge is 2.36. The van der Waals surface area contributed by atoms with Crippen LogP contribution in [0, 0.1) is 5.41 Å². The fraction of sp³-hybridized carbons (Fsp3) is 0.190. The van der Waals surface area contributed by atoms with Crippen molar-refractivity contribution in [3.8, 4) is 17.0 Å². The van der Waals surface area contributed by atoms with Crippen molar-refractivity contribution in [1.29, 1.82) is 5.41 Å². The summed E-state index contributed by atoms with van der Waals surface area (Å²) in [6, 6.07) is 11.2. The Morgan fingerprint density at radius 2 is 2.14 bits per heavy atom. The van der Waals surface area contributed by atoms with Crippen LogP contribution in [0.2, 0.25) is 0 Å². The first-order chi connectivity index (χ1) is 13.6. The molecule has 0 radical (unpaired) electrons. The summed E-state index contributed by atoms with van der Waals surface area (Å²) in [6.45, 7) is 2.40. The van der Waals surface area contributed by atoms with Gasteiger partial charge in [-0.15, -0.1) is 11.3 Å². The zero-order valence-corrected chi connectivity index (χ0v) is 16.4. The summed E-state index contributed by atoms with van der Waals surface area (Å²) in [7, 11) is 1.63. The number of thiazole rings is 1. The zero-order valence-electron chi connectivity index (χ0n) is 15.6. The third-order valence-electron chi connectivity index (χ3n) is 4.80. The van der Waals surface area contributed by atoms with E-state index in [-0.39, 0.29) is 17.6 Å². The summed E-state index contributed by atoms with van der Waals surface area (Å²) >= 11 is 1.42. The first-order valence-electron chi connectivity index (χ1n) is 8.86. The second-order valence-corrected chi connectivity index (χ2v) is 7.40. The summed E-state index contributed by atoms with van der Waals surface area (Å²) in [4.78, 5) is 10.7. The Kier molecular flexibility index (Phi) is 4.83. The van der Waals surface area contributed by atoms with Crippen LogP contribution in [0.3, 0.4) is 0 Å². The Balaban J connectivity index is 1.62. The first kappa shape index (κ1) is 18.2. The monoisotopic (exact) mass is 392 g/mol. The molecule has 142 valence electrons. The number of aliphatic hydroxyl groups is 1. The van der Waals surface area contributed by atoms with Crippen molar-refractivity contribution in [3.05, 3.63) is 70.5 Å². The standard InChI is InChI=1S/C21H20N4O2S/c1-13-19(26)18(20(22)25(13)11-14-5-4-8-23-10-14)21-24-17(12-28-21)15-6-3-7-16(9-15)27-2/h3-10,12-13,22,26H,11H2,1-2H3. The van der Waals surface area contributed by atoms with Gasteiger partial charge in [0.25, 0.3) is 0 Å². The van der Waals surface area contributed by atoms with Crippen LogP contribution in [0.15, 0.2) is 59.9 Å². The maximum absolute atomic E-state index is 10.7. The van der Waals surface area contributed by atoms with Crippen LogP contribution in [0.1, 0.15) is 17.5 Å². The van der Waals surface area contributed by atoms with Crippen molar-refractivity contribution in [2.45, 2.75) is 19.5 Å². The molecule has 2 N–H and O–H groups in total. The lowest BCUT2D eigenvalue weighted by Crippen LogP contribution is -2.32. The van der Waals surface area contributed by atoms with Gasteiger partial charge >= 0.3 is 0 Å². The van der Waals surface area contributed by atoms with E-state index in [1.165, 1.54) is 11.3 Å². The molecule has 3 aromatic rings. The maximum atomic E-state index is 10.7. The van der Waals surface area contributed by atoms with Gasteiger partial charge < -0.3 is 14.7 Å². The molecule has 0 bridgehead atoms. The molecule has 6 nitrogen and oxygen atoms in total. The third-order valence-corrected chi connectivity index (χ3v) is 5.66. The molecular weight excluding hydrogens is 372 g/mol. The number of ether oxygens (including phenoxy) is 1. The lowest BCUT2D eigenvalue weighted by atomic mass is 10.1. The van der Waals surface area contributed by atoms with E-state index in [0.717, 1.165) is 22.6 Å². The van der Waals surface area contributed by atoms with Crippen LogP contribution in [-0.4, -0.2) is 39.0 Å². The predicted molar refractivity (Wildman–Crippen MR) is 111 cm³/mol. The number of benzene rings is 1. The quantitative estimate of drug-likeness (QED) is 0.674. The number of hydrogen-bond acceptors (Lipinski definition) is 6. The molecule has 1 aromatic carbocycles. The summed E-state index contributed by atoms with van der Waals surface area (Å²) in [5, 5.41) is 21.9. The average Bonchev–Trinajstić information content (AvgIpc) is 3.28. The minimum atomic E-state index is -0.285. The second-order valence-electron chi connectivity index (χ2n) is 6.54. The number of aliphatic hydroxyl groups excluding tert-OH is 1.